The molecule has 0 fully saturated rings. The molecule has 4 nitrogen and oxygen atoms in total. The van der Waals surface area contributed by atoms with Crippen LogP contribution in [0.1, 0.15) is 11.3 Å². The molecule has 0 bridgehead atoms. The van der Waals surface area contributed by atoms with Gasteiger partial charge >= 0.3 is 0 Å². The first-order chi connectivity index (χ1) is 12.0. The van der Waals surface area contributed by atoms with Crippen molar-refractivity contribution in [1.82, 2.24) is 14.6 Å². The van der Waals surface area contributed by atoms with Crippen LogP contribution >= 0.6 is 0 Å². The molecule has 0 aliphatic heterocycles. The maximum atomic E-state index is 13.9. The Balaban J connectivity index is 2.10. The summed E-state index contributed by atoms with van der Waals surface area (Å²) in [7, 11) is 0. The first kappa shape index (κ1) is 15.3. The van der Waals surface area contributed by atoms with Gasteiger partial charge in [-0.15, -0.1) is 0 Å². The van der Waals surface area contributed by atoms with Crippen LogP contribution in [0.2, 0.25) is 0 Å². The smallest absolute Gasteiger partial charge is 0.155 e. The summed E-state index contributed by atoms with van der Waals surface area (Å²) in [4.78, 5) is 4.46. The lowest BCUT2D eigenvalue weighted by atomic mass is 9.99. The summed E-state index contributed by atoms with van der Waals surface area (Å²) in [5.41, 5.74) is 5.27. The van der Waals surface area contributed by atoms with Crippen molar-refractivity contribution in [3.05, 3.63) is 71.8 Å². The fourth-order valence-corrected chi connectivity index (χ4v) is 2.95. The highest BCUT2D eigenvalue weighted by molar-refractivity contribution is 5.84. The van der Waals surface area contributed by atoms with Crippen molar-refractivity contribution in [3.63, 3.8) is 0 Å². The van der Waals surface area contributed by atoms with E-state index in [1.54, 1.807) is 10.7 Å². The second-order valence-electron chi connectivity index (χ2n) is 6.10. The van der Waals surface area contributed by atoms with Crippen molar-refractivity contribution >= 4 is 5.65 Å². The van der Waals surface area contributed by atoms with E-state index in [2.05, 4.69) is 10.1 Å². The summed E-state index contributed by atoms with van der Waals surface area (Å²) in [6, 6.07) is 13.7. The molecule has 0 aliphatic rings. The Hall–Kier alpha value is -3.21. The molecule has 2 aromatic carbocycles. The molecule has 25 heavy (non-hydrogen) atoms. The second-order valence-corrected chi connectivity index (χ2v) is 6.10. The minimum atomic E-state index is -0.420. The third-order valence-electron chi connectivity index (χ3n) is 4.18. The molecule has 0 radical (unpaired) electrons. The van der Waals surface area contributed by atoms with Crippen LogP contribution < -0.4 is 0 Å². The van der Waals surface area contributed by atoms with Gasteiger partial charge < -0.3 is 5.11 Å². The Morgan fingerprint density at radius 1 is 0.960 bits per heavy atom. The van der Waals surface area contributed by atoms with Crippen LogP contribution in [0.5, 0.6) is 5.75 Å². The van der Waals surface area contributed by atoms with Gasteiger partial charge in [-0.2, -0.15) is 5.10 Å². The van der Waals surface area contributed by atoms with Gasteiger partial charge in [-0.25, -0.2) is 13.9 Å². The Morgan fingerprint density at radius 3 is 2.48 bits per heavy atom. The monoisotopic (exact) mass is 333 g/mol. The van der Waals surface area contributed by atoms with E-state index < -0.39 is 5.82 Å². The summed E-state index contributed by atoms with van der Waals surface area (Å²) in [5.74, 6) is -0.424. The van der Waals surface area contributed by atoms with E-state index in [9.17, 15) is 9.50 Å². The quantitative estimate of drug-likeness (QED) is 0.586. The van der Waals surface area contributed by atoms with E-state index in [4.69, 9.17) is 0 Å². The molecule has 4 rings (SSSR count). The first-order valence-electron chi connectivity index (χ1n) is 7.94. The number of phenolic OH excluding ortho intramolecular Hbond substituents is 1. The van der Waals surface area contributed by atoms with Crippen molar-refractivity contribution < 1.29 is 9.50 Å². The molecule has 1 N–H and O–H groups in total. The molecule has 0 aliphatic carbocycles. The number of fused-ring (bicyclic) bond motifs is 1. The van der Waals surface area contributed by atoms with Gasteiger partial charge in [-0.1, -0.05) is 29.8 Å². The van der Waals surface area contributed by atoms with Crippen LogP contribution in [0.15, 0.2) is 54.7 Å². The summed E-state index contributed by atoms with van der Waals surface area (Å²) in [5, 5.41) is 14.8. The molecule has 0 spiro atoms. The van der Waals surface area contributed by atoms with Crippen molar-refractivity contribution in [2.24, 2.45) is 0 Å². The van der Waals surface area contributed by atoms with Crippen molar-refractivity contribution in [2.45, 2.75) is 13.8 Å². The first-order valence-corrected chi connectivity index (χ1v) is 7.94. The molecule has 0 amide bonds. The van der Waals surface area contributed by atoms with Crippen molar-refractivity contribution in [3.8, 4) is 28.1 Å². The predicted molar refractivity (Wildman–Crippen MR) is 95.0 cm³/mol. The van der Waals surface area contributed by atoms with Gasteiger partial charge in [-0.3, -0.25) is 0 Å². The SMILES string of the molecule is Cc1ccc(-c2cnc3cc(C)nn3c2-c2cc(F)ccc2O)cc1. The maximum absolute atomic E-state index is 13.9. The normalized spacial score (nSPS) is 11.2. The van der Waals surface area contributed by atoms with Gasteiger partial charge in [0.1, 0.15) is 11.6 Å². The van der Waals surface area contributed by atoms with Gasteiger partial charge in [0.05, 0.1) is 11.4 Å². The summed E-state index contributed by atoms with van der Waals surface area (Å²) in [6.45, 7) is 3.89. The van der Waals surface area contributed by atoms with E-state index in [0.29, 0.717) is 16.9 Å². The number of aryl methyl sites for hydroxylation is 2. The van der Waals surface area contributed by atoms with E-state index in [1.165, 1.54) is 18.2 Å². The average molecular weight is 333 g/mol. The second kappa shape index (κ2) is 5.70. The molecule has 5 heteroatoms. The van der Waals surface area contributed by atoms with E-state index in [-0.39, 0.29) is 5.75 Å². The molecular weight excluding hydrogens is 317 g/mol. The number of aromatic hydroxyl groups is 1. The number of rotatable bonds is 2. The molecule has 0 saturated heterocycles. The number of benzene rings is 2. The predicted octanol–water partition coefficient (Wildman–Crippen LogP) is 4.52. The minimum absolute atomic E-state index is 0.00425. The summed E-state index contributed by atoms with van der Waals surface area (Å²) < 4.78 is 15.5. The van der Waals surface area contributed by atoms with Gasteiger partial charge in [-0.05, 0) is 37.6 Å². The number of hydrogen-bond donors (Lipinski definition) is 1. The zero-order valence-electron chi connectivity index (χ0n) is 13.9. The Morgan fingerprint density at radius 2 is 1.72 bits per heavy atom. The molecule has 0 unspecified atom stereocenters. The van der Waals surface area contributed by atoms with Crippen LogP contribution in [0.25, 0.3) is 28.0 Å². The average Bonchev–Trinajstić information content (AvgIpc) is 2.97. The van der Waals surface area contributed by atoms with Crippen LogP contribution in [0.4, 0.5) is 4.39 Å². The van der Waals surface area contributed by atoms with Crippen LogP contribution in [0.3, 0.4) is 0 Å². The topological polar surface area (TPSA) is 50.4 Å². The molecular formula is C20H16FN3O. The molecule has 124 valence electrons. The Kier molecular flexibility index (Phi) is 3.50. The van der Waals surface area contributed by atoms with E-state index in [0.717, 1.165) is 22.4 Å². The van der Waals surface area contributed by atoms with Gasteiger partial charge in [0.15, 0.2) is 5.65 Å². The Bertz CT molecular complexity index is 1080. The minimum Gasteiger partial charge on any atom is -0.507 e. The maximum Gasteiger partial charge on any atom is 0.155 e. The molecule has 2 aromatic heterocycles. The third-order valence-corrected chi connectivity index (χ3v) is 4.18. The van der Waals surface area contributed by atoms with Gasteiger partial charge in [0, 0.05) is 23.4 Å². The standard InChI is InChI=1S/C20H16FN3O/c1-12-3-5-14(6-4-12)17-11-22-19-9-13(2)23-24(19)20(17)16-10-15(21)7-8-18(16)25/h3-11,25H,1-2H3. The van der Waals surface area contributed by atoms with E-state index >= 15 is 0 Å². The summed E-state index contributed by atoms with van der Waals surface area (Å²) in [6.07, 6.45) is 1.74. The lowest BCUT2D eigenvalue weighted by Gasteiger charge is -2.13. The number of aromatic nitrogens is 3. The van der Waals surface area contributed by atoms with Crippen molar-refractivity contribution in [1.29, 1.82) is 0 Å². The van der Waals surface area contributed by atoms with Gasteiger partial charge in [0.2, 0.25) is 0 Å². The number of phenols is 1. The number of nitrogens with zero attached hydrogens (tertiary/aromatic N) is 3. The molecule has 2 heterocycles. The number of halogens is 1. The largest absolute Gasteiger partial charge is 0.507 e. The number of hydrogen-bond acceptors (Lipinski definition) is 3. The lowest BCUT2D eigenvalue weighted by Crippen LogP contribution is -2.00. The molecule has 0 atom stereocenters. The van der Waals surface area contributed by atoms with Crippen LogP contribution in [0, 0.1) is 19.7 Å². The van der Waals surface area contributed by atoms with Crippen molar-refractivity contribution in [2.75, 3.05) is 0 Å². The van der Waals surface area contributed by atoms with E-state index in [1.807, 2.05) is 44.2 Å². The zero-order chi connectivity index (χ0) is 17.6. The fourth-order valence-electron chi connectivity index (χ4n) is 2.95. The Labute approximate surface area is 144 Å². The zero-order valence-corrected chi connectivity index (χ0v) is 13.9. The fraction of sp³-hybridized carbons (Fsp3) is 0.100. The molecule has 0 saturated carbocycles. The third kappa shape index (κ3) is 2.63. The molecule has 4 aromatic rings. The van der Waals surface area contributed by atoms with Crippen LogP contribution in [-0.4, -0.2) is 19.7 Å². The lowest BCUT2D eigenvalue weighted by molar-refractivity contribution is 0.475. The highest BCUT2D eigenvalue weighted by Gasteiger charge is 2.18. The highest BCUT2D eigenvalue weighted by Crippen LogP contribution is 2.37. The van der Waals surface area contributed by atoms with Gasteiger partial charge in [0.25, 0.3) is 0 Å². The summed E-state index contributed by atoms with van der Waals surface area (Å²) >= 11 is 0. The highest BCUT2D eigenvalue weighted by atomic mass is 19.1. The van der Waals surface area contributed by atoms with Crippen LogP contribution in [-0.2, 0) is 0 Å².